The molecule has 7 nitrogen and oxygen atoms in total. The number of benzene rings is 2. The van der Waals surface area contributed by atoms with Gasteiger partial charge in [0.15, 0.2) is 0 Å². The second-order valence-electron chi connectivity index (χ2n) is 6.07. The van der Waals surface area contributed by atoms with Crippen LogP contribution in [0.25, 0.3) is 22.0 Å². The van der Waals surface area contributed by atoms with Crippen LogP contribution >= 0.6 is 0 Å². The van der Waals surface area contributed by atoms with Gasteiger partial charge in [-0.05, 0) is 30.7 Å². The number of nitriles is 1. The predicted molar refractivity (Wildman–Crippen MR) is 98.2 cm³/mol. The second-order valence-corrected chi connectivity index (χ2v) is 6.07. The molecule has 27 heavy (non-hydrogen) atoms. The summed E-state index contributed by atoms with van der Waals surface area (Å²) in [7, 11) is 0. The molecule has 0 aliphatic rings. The van der Waals surface area contributed by atoms with Crippen LogP contribution in [0.5, 0.6) is 5.75 Å². The highest BCUT2D eigenvalue weighted by Gasteiger charge is 2.18. The molecular weight excluding hydrogens is 344 g/mol. The van der Waals surface area contributed by atoms with Crippen molar-refractivity contribution in [2.24, 2.45) is 0 Å². The van der Waals surface area contributed by atoms with Crippen molar-refractivity contribution < 1.29 is 9.52 Å². The van der Waals surface area contributed by atoms with Gasteiger partial charge >= 0.3 is 5.63 Å². The average molecular weight is 357 g/mol. The Balaban J connectivity index is 1.84. The molecule has 7 heteroatoms. The van der Waals surface area contributed by atoms with E-state index in [1.54, 1.807) is 43.6 Å². The topological polar surface area (TPSA) is 115 Å². The molecule has 0 amide bonds. The first-order valence-corrected chi connectivity index (χ1v) is 8.18. The van der Waals surface area contributed by atoms with Gasteiger partial charge in [0.05, 0.1) is 17.1 Å². The lowest BCUT2D eigenvalue weighted by atomic mass is 10.0. The van der Waals surface area contributed by atoms with E-state index in [-0.39, 0.29) is 16.9 Å². The smallest absolute Gasteiger partial charge is 0.336 e. The zero-order chi connectivity index (χ0) is 19.0. The molecule has 2 aromatic carbocycles. The first-order valence-electron chi connectivity index (χ1n) is 8.18. The van der Waals surface area contributed by atoms with Crippen LogP contribution in [0.4, 0.5) is 5.69 Å². The minimum absolute atomic E-state index is 0.107. The summed E-state index contributed by atoms with van der Waals surface area (Å²) >= 11 is 0. The lowest BCUT2D eigenvalue weighted by Crippen LogP contribution is -2.13. The van der Waals surface area contributed by atoms with Gasteiger partial charge in [0.1, 0.15) is 11.6 Å². The van der Waals surface area contributed by atoms with Crippen LogP contribution in [0.1, 0.15) is 17.2 Å². The number of rotatable bonds is 3. The van der Waals surface area contributed by atoms with Crippen LogP contribution in [-0.4, -0.2) is 9.97 Å². The molecule has 1 atom stereocenters. The molecule has 0 radical (unpaired) electrons. The highest BCUT2D eigenvalue weighted by Crippen LogP contribution is 2.33. The normalized spacial score (nSPS) is 12.0. The summed E-state index contributed by atoms with van der Waals surface area (Å²) in [5, 5.41) is 25.8. The standard InChI is InChI=1S/C20H14N4O3/c1-11-8-18(26)27-20-13(11)3-5-17(25)19(20)16(10-21)24-12-2-4-14-15(9-12)23-7-6-22-14/h2-9,16,24-25H,1H3/p-1. The number of aromatic nitrogens is 2. The fourth-order valence-electron chi connectivity index (χ4n) is 3.05. The lowest BCUT2D eigenvalue weighted by molar-refractivity contribution is -0.269. The molecule has 1 unspecified atom stereocenters. The molecule has 0 bridgehead atoms. The number of fused-ring (bicyclic) bond motifs is 2. The third-order valence-electron chi connectivity index (χ3n) is 4.32. The average Bonchev–Trinajstić information content (AvgIpc) is 2.66. The first-order chi connectivity index (χ1) is 13.1. The van der Waals surface area contributed by atoms with Gasteiger partial charge in [-0.1, -0.05) is 17.9 Å². The lowest BCUT2D eigenvalue weighted by Gasteiger charge is -2.21. The van der Waals surface area contributed by atoms with Crippen LogP contribution in [-0.2, 0) is 0 Å². The van der Waals surface area contributed by atoms with E-state index in [9.17, 15) is 15.2 Å². The molecule has 2 aromatic heterocycles. The van der Waals surface area contributed by atoms with E-state index in [2.05, 4.69) is 21.4 Å². The van der Waals surface area contributed by atoms with Crippen molar-refractivity contribution in [1.82, 2.24) is 9.97 Å². The number of nitrogens with zero attached hydrogens (tertiary/aromatic N) is 3. The molecule has 0 fully saturated rings. The van der Waals surface area contributed by atoms with Crippen LogP contribution in [0.2, 0.25) is 0 Å². The molecule has 0 aliphatic carbocycles. The summed E-state index contributed by atoms with van der Waals surface area (Å²) in [6.07, 6.45) is 3.17. The van der Waals surface area contributed by atoms with Crippen LogP contribution in [0.3, 0.4) is 0 Å². The zero-order valence-electron chi connectivity index (χ0n) is 14.3. The van der Waals surface area contributed by atoms with E-state index >= 15 is 0 Å². The van der Waals surface area contributed by atoms with Crippen molar-refractivity contribution in [2.75, 3.05) is 5.32 Å². The predicted octanol–water partition coefficient (Wildman–Crippen LogP) is 2.80. The van der Waals surface area contributed by atoms with E-state index in [1.807, 2.05) is 0 Å². The van der Waals surface area contributed by atoms with E-state index in [4.69, 9.17) is 4.42 Å². The van der Waals surface area contributed by atoms with Gasteiger partial charge in [-0.2, -0.15) is 5.26 Å². The fourth-order valence-corrected chi connectivity index (χ4v) is 3.05. The van der Waals surface area contributed by atoms with Gasteiger partial charge in [-0.3, -0.25) is 9.97 Å². The van der Waals surface area contributed by atoms with E-state index in [0.717, 1.165) is 0 Å². The Kier molecular flexibility index (Phi) is 3.94. The number of hydrogen-bond donors (Lipinski definition) is 1. The Morgan fingerprint density at radius 1 is 1.15 bits per heavy atom. The van der Waals surface area contributed by atoms with Crippen molar-refractivity contribution in [1.29, 1.82) is 5.26 Å². The summed E-state index contributed by atoms with van der Waals surface area (Å²) in [5.74, 6) is -0.379. The molecule has 0 saturated heterocycles. The zero-order valence-corrected chi connectivity index (χ0v) is 14.3. The van der Waals surface area contributed by atoms with Gasteiger partial charge in [0.25, 0.3) is 0 Å². The minimum Gasteiger partial charge on any atom is -0.872 e. The molecular formula is C20H13N4O3-. The van der Waals surface area contributed by atoms with Crippen molar-refractivity contribution in [3.63, 3.8) is 0 Å². The van der Waals surface area contributed by atoms with Gasteiger partial charge in [0, 0.05) is 35.1 Å². The monoisotopic (exact) mass is 357 g/mol. The first kappa shape index (κ1) is 16.5. The molecule has 1 N–H and O–H groups in total. The summed E-state index contributed by atoms with van der Waals surface area (Å²) in [5.41, 5.74) is 2.32. The van der Waals surface area contributed by atoms with E-state index in [1.165, 1.54) is 12.1 Å². The number of anilines is 1. The summed E-state index contributed by atoms with van der Waals surface area (Å²) in [6.45, 7) is 1.75. The Morgan fingerprint density at radius 3 is 2.70 bits per heavy atom. The number of nitrogens with one attached hydrogen (secondary N) is 1. The molecule has 132 valence electrons. The minimum atomic E-state index is -1.000. The van der Waals surface area contributed by atoms with Gasteiger partial charge in [-0.15, -0.1) is 0 Å². The van der Waals surface area contributed by atoms with Crippen molar-refractivity contribution in [3.8, 4) is 11.8 Å². The highest BCUT2D eigenvalue weighted by molar-refractivity contribution is 5.86. The number of hydrogen-bond acceptors (Lipinski definition) is 7. The van der Waals surface area contributed by atoms with Gasteiger partial charge in [0.2, 0.25) is 0 Å². The summed E-state index contributed by atoms with van der Waals surface area (Å²) < 4.78 is 5.28. The Bertz CT molecular complexity index is 1270. The Morgan fingerprint density at radius 2 is 1.93 bits per heavy atom. The molecule has 4 aromatic rings. The Hall–Kier alpha value is -3.92. The third kappa shape index (κ3) is 2.93. The van der Waals surface area contributed by atoms with Gasteiger partial charge < -0.3 is 14.8 Å². The van der Waals surface area contributed by atoms with Gasteiger partial charge in [-0.25, -0.2) is 4.79 Å². The molecule has 0 aliphatic heterocycles. The van der Waals surface area contributed by atoms with E-state index < -0.39 is 11.7 Å². The largest absolute Gasteiger partial charge is 0.872 e. The maximum absolute atomic E-state index is 12.5. The molecule has 4 rings (SSSR count). The quantitative estimate of drug-likeness (QED) is 0.561. The number of aryl methyl sites for hydroxylation is 1. The summed E-state index contributed by atoms with van der Waals surface area (Å²) in [4.78, 5) is 20.2. The van der Waals surface area contributed by atoms with Crippen molar-refractivity contribution in [2.45, 2.75) is 13.0 Å². The van der Waals surface area contributed by atoms with Crippen LogP contribution in [0.15, 0.2) is 58.0 Å². The van der Waals surface area contributed by atoms with Crippen LogP contribution in [0, 0.1) is 18.3 Å². The maximum Gasteiger partial charge on any atom is 0.336 e. The molecule has 0 spiro atoms. The molecule has 0 saturated carbocycles. The maximum atomic E-state index is 12.5. The SMILES string of the molecule is Cc1cc(=O)oc2c(C(C#N)Nc3ccc4nccnc4c3)c([O-])ccc12. The summed E-state index contributed by atoms with van der Waals surface area (Å²) in [6, 6.07) is 10.7. The van der Waals surface area contributed by atoms with E-state index in [0.29, 0.717) is 27.7 Å². The van der Waals surface area contributed by atoms with Crippen molar-refractivity contribution in [3.05, 3.63) is 70.3 Å². The second kappa shape index (κ2) is 6.42. The third-order valence-corrected chi connectivity index (χ3v) is 4.32. The fraction of sp³-hybridized carbons (Fsp3) is 0.100. The Labute approximate surface area is 153 Å². The highest BCUT2D eigenvalue weighted by atomic mass is 16.4. The van der Waals surface area contributed by atoms with Crippen LogP contribution < -0.4 is 16.0 Å². The molecule has 2 heterocycles. The van der Waals surface area contributed by atoms with Crippen molar-refractivity contribution >= 4 is 27.7 Å².